The van der Waals surface area contributed by atoms with Crippen molar-refractivity contribution < 1.29 is 9.59 Å². The minimum Gasteiger partial charge on any atom is -0.351 e. The number of carbonyl (C=O) groups is 2. The van der Waals surface area contributed by atoms with Gasteiger partial charge < -0.3 is 10.6 Å². The summed E-state index contributed by atoms with van der Waals surface area (Å²) in [7, 11) is 0. The highest BCUT2D eigenvalue weighted by Gasteiger charge is 2.18. The van der Waals surface area contributed by atoms with E-state index in [-0.39, 0.29) is 17.7 Å². The molecule has 2 aromatic carbocycles. The van der Waals surface area contributed by atoms with Crippen LogP contribution in [0.1, 0.15) is 40.7 Å². The van der Waals surface area contributed by atoms with Gasteiger partial charge in [0.2, 0.25) is 5.91 Å². The first-order valence-corrected chi connectivity index (χ1v) is 9.30. The Labute approximate surface area is 164 Å². The van der Waals surface area contributed by atoms with E-state index in [4.69, 9.17) is 0 Å². The Morgan fingerprint density at radius 2 is 1.71 bits per heavy atom. The number of rotatable bonds is 7. The fourth-order valence-corrected chi connectivity index (χ4v) is 3.04. The van der Waals surface area contributed by atoms with Gasteiger partial charge in [0.1, 0.15) is 0 Å². The lowest BCUT2D eigenvalue weighted by molar-refractivity contribution is -0.122. The molecule has 1 atom stereocenters. The Morgan fingerprint density at radius 3 is 2.43 bits per heavy atom. The minimum atomic E-state index is -0.196. The molecule has 0 radical (unpaired) electrons. The number of hydrogen-bond acceptors (Lipinski definition) is 3. The number of hydrogen-bond donors (Lipinski definition) is 2. The third kappa shape index (κ3) is 5.04. The predicted octanol–water partition coefficient (Wildman–Crippen LogP) is 4.14. The number of carbonyl (C=O) groups excluding carboxylic acids is 2. The molecule has 2 N–H and O–H groups in total. The molecule has 1 unspecified atom stereocenters. The summed E-state index contributed by atoms with van der Waals surface area (Å²) in [6.45, 7) is 2.41. The standard InChI is InChI=1S/C23H23N3O2/c1-2-21(18-8-4-3-5-9-18)23(28)25-16-17-7-6-10-20(15-17)26-22(27)19-11-13-24-14-12-19/h3-15,21H,2,16H2,1H3,(H,25,28)(H,26,27). The van der Waals surface area contributed by atoms with Crippen LogP contribution in [0.4, 0.5) is 5.69 Å². The highest BCUT2D eigenvalue weighted by Crippen LogP contribution is 2.19. The Kier molecular flexibility index (Phi) is 6.52. The summed E-state index contributed by atoms with van der Waals surface area (Å²) in [6, 6.07) is 20.6. The maximum absolute atomic E-state index is 12.6. The highest BCUT2D eigenvalue weighted by atomic mass is 16.2. The molecule has 28 heavy (non-hydrogen) atoms. The van der Waals surface area contributed by atoms with E-state index < -0.39 is 0 Å². The topological polar surface area (TPSA) is 71.1 Å². The van der Waals surface area contributed by atoms with Crippen LogP contribution in [-0.4, -0.2) is 16.8 Å². The second-order valence-electron chi connectivity index (χ2n) is 6.48. The van der Waals surface area contributed by atoms with Crippen LogP contribution < -0.4 is 10.6 Å². The maximum atomic E-state index is 12.6. The zero-order chi connectivity index (χ0) is 19.8. The summed E-state index contributed by atoms with van der Waals surface area (Å²) in [5, 5.41) is 5.87. The third-order valence-corrected chi connectivity index (χ3v) is 4.52. The van der Waals surface area contributed by atoms with Gasteiger partial charge in [-0.15, -0.1) is 0 Å². The predicted molar refractivity (Wildman–Crippen MR) is 110 cm³/mol. The number of nitrogens with one attached hydrogen (secondary N) is 2. The van der Waals surface area contributed by atoms with Gasteiger partial charge >= 0.3 is 0 Å². The van der Waals surface area contributed by atoms with Crippen LogP contribution in [0.3, 0.4) is 0 Å². The van der Waals surface area contributed by atoms with E-state index in [2.05, 4.69) is 15.6 Å². The number of aromatic nitrogens is 1. The number of benzene rings is 2. The van der Waals surface area contributed by atoms with E-state index >= 15 is 0 Å². The molecule has 0 bridgehead atoms. The van der Waals surface area contributed by atoms with Crippen molar-refractivity contribution in [2.24, 2.45) is 0 Å². The van der Waals surface area contributed by atoms with Crippen molar-refractivity contribution in [2.75, 3.05) is 5.32 Å². The molecule has 0 aliphatic rings. The fraction of sp³-hybridized carbons (Fsp3) is 0.174. The van der Waals surface area contributed by atoms with Crippen LogP contribution in [0.15, 0.2) is 79.1 Å². The molecule has 3 rings (SSSR count). The molecule has 5 heteroatoms. The molecule has 3 aromatic rings. The Bertz CT molecular complexity index is 927. The number of pyridine rings is 1. The van der Waals surface area contributed by atoms with E-state index in [0.717, 1.165) is 17.5 Å². The Hall–Kier alpha value is -3.47. The van der Waals surface area contributed by atoms with Gasteiger partial charge in [-0.1, -0.05) is 49.4 Å². The lowest BCUT2D eigenvalue weighted by atomic mass is 9.95. The second-order valence-corrected chi connectivity index (χ2v) is 6.48. The largest absolute Gasteiger partial charge is 0.351 e. The van der Waals surface area contributed by atoms with Gasteiger partial charge in [-0.05, 0) is 41.8 Å². The van der Waals surface area contributed by atoms with Crippen LogP contribution in [0.5, 0.6) is 0 Å². The van der Waals surface area contributed by atoms with Crippen LogP contribution in [0, 0.1) is 0 Å². The zero-order valence-electron chi connectivity index (χ0n) is 15.8. The van der Waals surface area contributed by atoms with E-state index in [9.17, 15) is 9.59 Å². The molecule has 0 aliphatic carbocycles. The van der Waals surface area contributed by atoms with Crippen LogP contribution in [-0.2, 0) is 11.3 Å². The lowest BCUT2D eigenvalue weighted by Gasteiger charge is -2.16. The molecule has 0 saturated carbocycles. The number of nitrogens with zero attached hydrogens (tertiary/aromatic N) is 1. The van der Waals surface area contributed by atoms with Gasteiger partial charge in [0, 0.05) is 30.2 Å². The van der Waals surface area contributed by atoms with Gasteiger partial charge in [-0.25, -0.2) is 0 Å². The van der Waals surface area contributed by atoms with Crippen LogP contribution in [0.2, 0.25) is 0 Å². The molecule has 0 saturated heterocycles. The van der Waals surface area contributed by atoms with Gasteiger partial charge in [0.25, 0.3) is 5.91 Å². The van der Waals surface area contributed by atoms with Gasteiger partial charge in [-0.2, -0.15) is 0 Å². The maximum Gasteiger partial charge on any atom is 0.255 e. The monoisotopic (exact) mass is 373 g/mol. The lowest BCUT2D eigenvalue weighted by Crippen LogP contribution is -2.28. The van der Waals surface area contributed by atoms with Crippen molar-refractivity contribution in [1.29, 1.82) is 0 Å². The molecule has 2 amide bonds. The van der Waals surface area contributed by atoms with Gasteiger partial charge in [0.05, 0.1) is 5.92 Å². The van der Waals surface area contributed by atoms with Gasteiger partial charge in [0.15, 0.2) is 0 Å². The van der Waals surface area contributed by atoms with E-state index in [1.54, 1.807) is 24.5 Å². The summed E-state index contributed by atoms with van der Waals surface area (Å²) >= 11 is 0. The third-order valence-electron chi connectivity index (χ3n) is 4.52. The molecule has 5 nitrogen and oxygen atoms in total. The molecule has 1 aromatic heterocycles. The summed E-state index contributed by atoms with van der Waals surface area (Å²) in [5.41, 5.74) is 3.16. The summed E-state index contributed by atoms with van der Waals surface area (Å²) in [6.07, 6.45) is 3.90. The SMILES string of the molecule is CCC(C(=O)NCc1cccc(NC(=O)c2ccncc2)c1)c1ccccc1. The molecule has 1 heterocycles. The smallest absolute Gasteiger partial charge is 0.255 e. The zero-order valence-corrected chi connectivity index (χ0v) is 15.8. The number of anilines is 1. The van der Waals surface area contributed by atoms with Crippen molar-refractivity contribution >= 4 is 17.5 Å². The second kappa shape index (κ2) is 9.46. The van der Waals surface area contributed by atoms with Crippen molar-refractivity contribution in [3.8, 4) is 0 Å². The quantitative estimate of drug-likeness (QED) is 0.654. The average molecular weight is 373 g/mol. The minimum absolute atomic E-state index is 0.0000702. The van der Waals surface area contributed by atoms with Crippen molar-refractivity contribution in [3.63, 3.8) is 0 Å². The van der Waals surface area contributed by atoms with E-state index in [1.807, 2.05) is 61.5 Å². The fourth-order valence-electron chi connectivity index (χ4n) is 3.04. The van der Waals surface area contributed by atoms with Gasteiger partial charge in [-0.3, -0.25) is 14.6 Å². The summed E-state index contributed by atoms with van der Waals surface area (Å²) in [4.78, 5) is 28.8. The molecule has 0 fully saturated rings. The first-order valence-electron chi connectivity index (χ1n) is 9.30. The van der Waals surface area contributed by atoms with Crippen LogP contribution >= 0.6 is 0 Å². The van der Waals surface area contributed by atoms with Crippen LogP contribution in [0.25, 0.3) is 0 Å². The normalized spacial score (nSPS) is 11.5. The highest BCUT2D eigenvalue weighted by molar-refractivity contribution is 6.04. The Morgan fingerprint density at radius 1 is 0.964 bits per heavy atom. The molecule has 142 valence electrons. The molecular formula is C23H23N3O2. The Balaban J connectivity index is 1.61. The molecule has 0 aliphatic heterocycles. The summed E-state index contributed by atoms with van der Waals surface area (Å²) < 4.78 is 0. The molecule has 0 spiro atoms. The summed E-state index contributed by atoms with van der Waals surface area (Å²) in [5.74, 6) is -0.366. The average Bonchev–Trinajstić information content (AvgIpc) is 2.74. The first kappa shape index (κ1) is 19.3. The van der Waals surface area contributed by atoms with E-state index in [1.165, 1.54) is 0 Å². The van der Waals surface area contributed by atoms with Crippen molar-refractivity contribution in [2.45, 2.75) is 25.8 Å². The van der Waals surface area contributed by atoms with Crippen molar-refractivity contribution in [1.82, 2.24) is 10.3 Å². The molecular weight excluding hydrogens is 350 g/mol. The first-order chi connectivity index (χ1) is 13.7. The van der Waals surface area contributed by atoms with Crippen molar-refractivity contribution in [3.05, 3.63) is 95.8 Å². The van der Waals surface area contributed by atoms with E-state index in [0.29, 0.717) is 17.8 Å². The number of amides is 2.